The van der Waals surface area contributed by atoms with Gasteiger partial charge in [-0.3, -0.25) is 4.90 Å². The van der Waals surface area contributed by atoms with Gasteiger partial charge in [-0.2, -0.15) is 0 Å². The molecule has 1 aliphatic heterocycles. The maximum atomic E-state index is 13.5. The van der Waals surface area contributed by atoms with Crippen LogP contribution in [0.25, 0.3) is 0 Å². The van der Waals surface area contributed by atoms with Crippen molar-refractivity contribution in [3.63, 3.8) is 0 Å². The van der Waals surface area contributed by atoms with E-state index in [4.69, 9.17) is 9.47 Å². The fourth-order valence-electron chi connectivity index (χ4n) is 3.71. The lowest BCUT2D eigenvalue weighted by molar-refractivity contribution is -0.0461. The predicted octanol–water partition coefficient (Wildman–Crippen LogP) is 3.70. The van der Waals surface area contributed by atoms with Crippen LogP contribution in [-0.4, -0.2) is 49.0 Å². The molecule has 0 amide bonds. The summed E-state index contributed by atoms with van der Waals surface area (Å²) in [5.41, 5.74) is 3.88. The molecule has 4 nitrogen and oxygen atoms in total. The Hall–Kier alpha value is -2.02. The van der Waals surface area contributed by atoms with Gasteiger partial charge in [-0.1, -0.05) is 23.8 Å². The summed E-state index contributed by atoms with van der Waals surface area (Å²) >= 11 is 0. The first-order valence-electron chi connectivity index (χ1n) is 9.51. The lowest BCUT2D eigenvalue weighted by Crippen LogP contribution is -2.43. The predicted molar refractivity (Wildman–Crippen MR) is 104 cm³/mol. The van der Waals surface area contributed by atoms with Crippen molar-refractivity contribution in [3.05, 3.63) is 64.2 Å². The number of aryl methyl sites for hydroxylation is 3. The number of rotatable bonds is 6. The van der Waals surface area contributed by atoms with Crippen LogP contribution in [-0.2, 0) is 4.74 Å². The zero-order valence-corrected chi connectivity index (χ0v) is 16.5. The molecule has 0 spiro atoms. The van der Waals surface area contributed by atoms with E-state index >= 15 is 0 Å². The van der Waals surface area contributed by atoms with Gasteiger partial charge in [0.1, 0.15) is 18.5 Å². The number of aliphatic hydroxyl groups excluding tert-OH is 1. The van der Waals surface area contributed by atoms with Gasteiger partial charge in [0.15, 0.2) is 11.6 Å². The fraction of sp³-hybridized carbons (Fsp3) is 0.455. The van der Waals surface area contributed by atoms with Gasteiger partial charge in [0.25, 0.3) is 0 Å². The van der Waals surface area contributed by atoms with E-state index in [0.29, 0.717) is 31.8 Å². The summed E-state index contributed by atoms with van der Waals surface area (Å²) in [5, 5.41) is 10.4. The summed E-state index contributed by atoms with van der Waals surface area (Å²) in [4.78, 5) is 2.05. The number of halogens is 2. The summed E-state index contributed by atoms with van der Waals surface area (Å²) in [5.74, 6) is -0.938. The molecule has 2 unspecified atom stereocenters. The number of hydrogen-bond donors (Lipinski definition) is 1. The Bertz CT molecular complexity index is 804. The van der Waals surface area contributed by atoms with Gasteiger partial charge < -0.3 is 14.6 Å². The third-order valence-corrected chi connectivity index (χ3v) is 4.96. The number of nitrogens with zero attached hydrogens (tertiary/aromatic N) is 1. The molecular formula is C22H27F2NO3. The summed E-state index contributed by atoms with van der Waals surface area (Å²) in [6.45, 7) is 8.29. The second-order valence-corrected chi connectivity index (χ2v) is 7.49. The lowest BCUT2D eigenvalue weighted by atomic mass is 10.1. The number of ether oxygens (including phenoxy) is 2. The van der Waals surface area contributed by atoms with Crippen molar-refractivity contribution in [2.45, 2.75) is 33.0 Å². The normalized spacial score (nSPS) is 18.9. The molecule has 0 aromatic heterocycles. The average Bonchev–Trinajstić information content (AvgIpc) is 2.63. The molecule has 1 saturated heterocycles. The molecule has 2 aromatic carbocycles. The molecule has 0 aliphatic carbocycles. The van der Waals surface area contributed by atoms with Crippen molar-refractivity contribution in [1.29, 1.82) is 0 Å². The number of morpholine rings is 1. The van der Waals surface area contributed by atoms with Crippen LogP contribution in [0.4, 0.5) is 8.78 Å². The molecule has 1 N–H and O–H groups in total. The highest BCUT2D eigenvalue weighted by atomic mass is 19.2. The Morgan fingerprint density at radius 1 is 1.14 bits per heavy atom. The average molecular weight is 391 g/mol. The zero-order valence-electron chi connectivity index (χ0n) is 16.5. The first kappa shape index (κ1) is 20.7. The van der Waals surface area contributed by atoms with E-state index in [2.05, 4.69) is 17.0 Å². The van der Waals surface area contributed by atoms with Crippen molar-refractivity contribution in [2.24, 2.45) is 0 Å². The maximum absolute atomic E-state index is 13.5. The molecule has 28 heavy (non-hydrogen) atoms. The molecule has 2 aromatic rings. The van der Waals surface area contributed by atoms with Crippen LogP contribution in [0.5, 0.6) is 5.75 Å². The van der Waals surface area contributed by atoms with Gasteiger partial charge in [-0.05, 0) is 49.6 Å². The van der Waals surface area contributed by atoms with Crippen molar-refractivity contribution < 1.29 is 23.4 Å². The Morgan fingerprint density at radius 3 is 2.54 bits per heavy atom. The maximum Gasteiger partial charge on any atom is 0.159 e. The van der Waals surface area contributed by atoms with E-state index in [9.17, 15) is 13.9 Å². The molecule has 6 heteroatoms. The molecular weight excluding hydrogens is 364 g/mol. The third-order valence-electron chi connectivity index (χ3n) is 4.96. The van der Waals surface area contributed by atoms with Crippen LogP contribution in [0.2, 0.25) is 0 Å². The van der Waals surface area contributed by atoms with Crippen molar-refractivity contribution in [3.8, 4) is 5.75 Å². The van der Waals surface area contributed by atoms with E-state index in [0.717, 1.165) is 22.9 Å². The van der Waals surface area contributed by atoms with Gasteiger partial charge >= 0.3 is 0 Å². The molecule has 3 rings (SSSR count). The van der Waals surface area contributed by atoms with Gasteiger partial charge in [0, 0.05) is 19.6 Å². The van der Waals surface area contributed by atoms with Crippen LogP contribution in [0, 0.1) is 32.4 Å². The Balaban J connectivity index is 1.55. The molecule has 152 valence electrons. The van der Waals surface area contributed by atoms with E-state index in [1.54, 1.807) is 0 Å². The Kier molecular flexibility index (Phi) is 6.65. The fourth-order valence-corrected chi connectivity index (χ4v) is 3.71. The number of aliphatic hydroxyl groups is 1. The topological polar surface area (TPSA) is 41.9 Å². The molecule has 2 atom stereocenters. The van der Waals surface area contributed by atoms with Crippen LogP contribution >= 0.6 is 0 Å². The SMILES string of the molecule is Cc1cc(C)c(OCC(O)CN2CCOC(c3ccc(F)c(F)c3)C2)c(C)c1. The van der Waals surface area contributed by atoms with E-state index in [-0.39, 0.29) is 12.7 Å². The summed E-state index contributed by atoms with van der Waals surface area (Å²) in [6.07, 6.45) is -1.01. The van der Waals surface area contributed by atoms with Gasteiger partial charge in [-0.25, -0.2) is 8.78 Å². The number of benzene rings is 2. The highest BCUT2D eigenvalue weighted by Crippen LogP contribution is 2.26. The molecule has 1 aliphatic rings. The van der Waals surface area contributed by atoms with Gasteiger partial charge in [0.2, 0.25) is 0 Å². The largest absolute Gasteiger partial charge is 0.490 e. The first-order valence-corrected chi connectivity index (χ1v) is 9.51. The molecule has 0 saturated carbocycles. The van der Waals surface area contributed by atoms with Crippen LogP contribution < -0.4 is 4.74 Å². The molecule has 1 heterocycles. The second kappa shape index (κ2) is 8.99. The van der Waals surface area contributed by atoms with E-state index in [1.807, 2.05) is 20.8 Å². The minimum absolute atomic E-state index is 0.192. The summed E-state index contributed by atoms with van der Waals surface area (Å²) < 4.78 is 38.2. The molecule has 0 radical (unpaired) electrons. The number of β-amino-alcohol motifs (C(OH)–C–C–N with tert-alkyl or cyclic N) is 1. The van der Waals surface area contributed by atoms with Crippen LogP contribution in [0.3, 0.4) is 0 Å². The molecule has 0 bridgehead atoms. The third kappa shape index (κ3) is 5.07. The smallest absolute Gasteiger partial charge is 0.159 e. The minimum atomic E-state index is -0.879. The Labute approximate surface area is 164 Å². The highest BCUT2D eigenvalue weighted by molar-refractivity contribution is 5.42. The standard InChI is InChI=1S/C22H27F2NO3/c1-14-8-15(2)22(16(3)9-14)28-13-18(26)11-25-6-7-27-21(12-25)17-4-5-19(23)20(24)10-17/h4-5,8-10,18,21,26H,6-7,11-13H2,1-3H3. The highest BCUT2D eigenvalue weighted by Gasteiger charge is 2.24. The monoisotopic (exact) mass is 391 g/mol. The van der Waals surface area contributed by atoms with E-state index in [1.165, 1.54) is 17.7 Å². The Morgan fingerprint density at radius 2 is 1.86 bits per heavy atom. The van der Waals surface area contributed by atoms with Crippen molar-refractivity contribution >= 4 is 0 Å². The van der Waals surface area contributed by atoms with Crippen LogP contribution in [0.15, 0.2) is 30.3 Å². The molecule has 1 fully saturated rings. The lowest BCUT2D eigenvalue weighted by Gasteiger charge is -2.34. The second-order valence-electron chi connectivity index (χ2n) is 7.49. The minimum Gasteiger partial charge on any atom is -0.490 e. The quantitative estimate of drug-likeness (QED) is 0.815. The van der Waals surface area contributed by atoms with Crippen molar-refractivity contribution in [2.75, 3.05) is 32.8 Å². The van der Waals surface area contributed by atoms with Gasteiger partial charge in [-0.15, -0.1) is 0 Å². The van der Waals surface area contributed by atoms with Crippen molar-refractivity contribution in [1.82, 2.24) is 4.90 Å². The summed E-state index contributed by atoms with van der Waals surface area (Å²) in [6, 6.07) is 7.94. The summed E-state index contributed by atoms with van der Waals surface area (Å²) in [7, 11) is 0. The van der Waals surface area contributed by atoms with E-state index < -0.39 is 17.7 Å². The van der Waals surface area contributed by atoms with Crippen LogP contribution in [0.1, 0.15) is 28.4 Å². The zero-order chi connectivity index (χ0) is 20.3. The number of hydrogen-bond acceptors (Lipinski definition) is 4. The first-order chi connectivity index (χ1) is 13.3. The van der Waals surface area contributed by atoms with Gasteiger partial charge in [0.05, 0.1) is 12.7 Å².